The molecule has 14 heavy (non-hydrogen) atoms. The first-order chi connectivity index (χ1) is 6.75. The molecule has 75 valence electrons. The van der Waals surface area contributed by atoms with Crippen LogP contribution in [0.2, 0.25) is 10.0 Å². The molecule has 0 unspecified atom stereocenters. The summed E-state index contributed by atoms with van der Waals surface area (Å²) in [4.78, 5) is 0. The minimum atomic E-state index is -0.0341. The van der Waals surface area contributed by atoms with Crippen LogP contribution in [0.5, 0.6) is 0 Å². The maximum absolute atomic E-state index is 10.2. The van der Waals surface area contributed by atoms with Gasteiger partial charge in [-0.2, -0.15) is 0 Å². The van der Waals surface area contributed by atoms with Crippen molar-refractivity contribution in [1.82, 2.24) is 0 Å². The van der Waals surface area contributed by atoms with E-state index in [0.29, 0.717) is 16.5 Å². The second kappa shape index (κ2) is 6.07. The van der Waals surface area contributed by atoms with Crippen molar-refractivity contribution in [3.8, 4) is 0 Å². The van der Waals surface area contributed by atoms with Gasteiger partial charge in [0.05, 0.1) is 16.7 Å². The van der Waals surface area contributed by atoms with Gasteiger partial charge in [0.25, 0.3) is 0 Å². The lowest BCUT2D eigenvalue weighted by molar-refractivity contribution is 0.190. The summed E-state index contributed by atoms with van der Waals surface area (Å²) in [7, 11) is 0. The third kappa shape index (κ3) is 3.33. The Hall–Kier alpha value is -0.500. The highest BCUT2D eigenvalue weighted by atomic mass is 35.5. The largest absolute Gasteiger partial charge is 0.237 e. The molecule has 0 spiro atoms. The van der Waals surface area contributed by atoms with Crippen LogP contribution < -0.4 is 0 Å². The normalized spacial score (nSPS) is 11.1. The standard InChI is InChI=1S/C11H11Cl2O/c12-10-7-4-6-9(11(10)13)5-2-1-3-8-14/h2,4-7H,1,3,8H2/b5-2+. The number of allylic oxidation sites excluding steroid dienone is 1. The minimum Gasteiger partial charge on any atom is -0.237 e. The molecule has 1 aromatic rings. The Labute approximate surface area is 94.0 Å². The quantitative estimate of drug-likeness (QED) is 0.690. The van der Waals surface area contributed by atoms with Crippen molar-refractivity contribution in [3.63, 3.8) is 0 Å². The highest BCUT2D eigenvalue weighted by molar-refractivity contribution is 6.42. The molecule has 0 saturated heterocycles. The van der Waals surface area contributed by atoms with Crippen LogP contribution >= 0.6 is 23.2 Å². The molecule has 0 bridgehead atoms. The summed E-state index contributed by atoms with van der Waals surface area (Å²) in [6, 6.07) is 5.49. The van der Waals surface area contributed by atoms with Gasteiger partial charge in [0, 0.05) is 0 Å². The van der Waals surface area contributed by atoms with Gasteiger partial charge in [-0.25, -0.2) is 5.11 Å². The number of hydrogen-bond donors (Lipinski definition) is 0. The van der Waals surface area contributed by atoms with Crippen molar-refractivity contribution in [3.05, 3.63) is 39.9 Å². The molecule has 0 fully saturated rings. The zero-order valence-electron chi connectivity index (χ0n) is 7.67. The van der Waals surface area contributed by atoms with E-state index in [2.05, 4.69) is 0 Å². The minimum absolute atomic E-state index is 0.0341. The van der Waals surface area contributed by atoms with Gasteiger partial charge < -0.3 is 0 Å². The summed E-state index contributed by atoms with van der Waals surface area (Å²) in [5, 5.41) is 11.3. The molecule has 0 aliphatic rings. The average Bonchev–Trinajstić information content (AvgIpc) is 2.19. The average molecular weight is 230 g/mol. The van der Waals surface area contributed by atoms with Crippen molar-refractivity contribution < 1.29 is 5.11 Å². The van der Waals surface area contributed by atoms with Crippen LogP contribution in [0.3, 0.4) is 0 Å². The monoisotopic (exact) mass is 229 g/mol. The molecular formula is C11H11Cl2O. The smallest absolute Gasteiger partial charge is 0.0825 e. The Morgan fingerprint density at radius 1 is 1.29 bits per heavy atom. The van der Waals surface area contributed by atoms with Gasteiger partial charge in [0.1, 0.15) is 0 Å². The van der Waals surface area contributed by atoms with Crippen molar-refractivity contribution in [2.45, 2.75) is 12.8 Å². The van der Waals surface area contributed by atoms with Gasteiger partial charge in [0.15, 0.2) is 0 Å². The Morgan fingerprint density at radius 3 is 2.79 bits per heavy atom. The van der Waals surface area contributed by atoms with Crippen LogP contribution in [0, 0.1) is 0 Å². The lowest BCUT2D eigenvalue weighted by Gasteiger charge is -1.99. The van der Waals surface area contributed by atoms with E-state index in [1.165, 1.54) is 0 Å². The summed E-state index contributed by atoms with van der Waals surface area (Å²) in [5.74, 6) is 0. The molecule has 0 aliphatic heterocycles. The van der Waals surface area contributed by atoms with E-state index in [-0.39, 0.29) is 6.61 Å². The van der Waals surface area contributed by atoms with Crippen LogP contribution in [0.4, 0.5) is 0 Å². The molecule has 0 aromatic heterocycles. The highest BCUT2D eigenvalue weighted by Gasteiger charge is 1.99. The summed E-state index contributed by atoms with van der Waals surface area (Å²) in [6.07, 6.45) is 5.28. The van der Waals surface area contributed by atoms with Crippen molar-refractivity contribution >= 4 is 29.3 Å². The van der Waals surface area contributed by atoms with Crippen LogP contribution in [-0.2, 0) is 5.11 Å². The fraction of sp³-hybridized carbons (Fsp3) is 0.273. The van der Waals surface area contributed by atoms with Crippen LogP contribution in [0.1, 0.15) is 18.4 Å². The first-order valence-electron chi connectivity index (χ1n) is 4.44. The van der Waals surface area contributed by atoms with Crippen LogP contribution in [0.15, 0.2) is 24.3 Å². The highest BCUT2D eigenvalue weighted by Crippen LogP contribution is 2.26. The third-order valence-electron chi connectivity index (χ3n) is 1.79. The van der Waals surface area contributed by atoms with Crippen molar-refractivity contribution in [2.24, 2.45) is 0 Å². The number of rotatable bonds is 4. The molecule has 0 saturated carbocycles. The number of halogens is 2. The maximum atomic E-state index is 10.2. The van der Waals surface area contributed by atoms with E-state index < -0.39 is 0 Å². The van der Waals surface area contributed by atoms with E-state index in [9.17, 15) is 5.11 Å². The Kier molecular flexibility index (Phi) is 5.02. The van der Waals surface area contributed by atoms with Crippen molar-refractivity contribution in [1.29, 1.82) is 0 Å². The molecular weight excluding hydrogens is 219 g/mol. The molecule has 0 N–H and O–H groups in total. The van der Waals surface area contributed by atoms with E-state index in [4.69, 9.17) is 23.2 Å². The van der Waals surface area contributed by atoms with Gasteiger partial charge in [0.2, 0.25) is 0 Å². The Balaban J connectivity index is 2.67. The van der Waals surface area contributed by atoms with E-state index in [1.807, 2.05) is 24.3 Å². The van der Waals surface area contributed by atoms with Gasteiger partial charge in [-0.1, -0.05) is 47.5 Å². The lowest BCUT2D eigenvalue weighted by atomic mass is 10.2. The maximum Gasteiger partial charge on any atom is 0.0825 e. The van der Waals surface area contributed by atoms with Crippen molar-refractivity contribution in [2.75, 3.05) is 6.61 Å². The second-order valence-electron chi connectivity index (χ2n) is 2.89. The predicted molar refractivity (Wildman–Crippen MR) is 60.3 cm³/mol. The number of hydrogen-bond acceptors (Lipinski definition) is 0. The first kappa shape index (κ1) is 11.6. The molecule has 1 rings (SSSR count). The summed E-state index contributed by atoms with van der Waals surface area (Å²) < 4.78 is 0. The molecule has 0 amide bonds. The van der Waals surface area contributed by atoms with Gasteiger partial charge in [-0.15, -0.1) is 0 Å². The molecule has 3 heteroatoms. The summed E-state index contributed by atoms with van der Waals surface area (Å²) >= 11 is 11.8. The van der Waals surface area contributed by atoms with E-state index >= 15 is 0 Å². The lowest BCUT2D eigenvalue weighted by Crippen LogP contribution is -1.78. The molecule has 0 aliphatic carbocycles. The fourth-order valence-electron chi connectivity index (χ4n) is 1.06. The molecule has 0 heterocycles. The van der Waals surface area contributed by atoms with Gasteiger partial charge in [-0.3, -0.25) is 0 Å². The van der Waals surface area contributed by atoms with Gasteiger partial charge >= 0.3 is 0 Å². The number of benzene rings is 1. The summed E-state index contributed by atoms with van der Waals surface area (Å²) in [6.45, 7) is -0.0341. The topological polar surface area (TPSA) is 19.9 Å². The fourth-order valence-corrected chi connectivity index (χ4v) is 1.43. The van der Waals surface area contributed by atoms with Crippen LogP contribution in [0.25, 0.3) is 6.08 Å². The predicted octanol–water partition coefficient (Wildman–Crippen LogP) is 4.22. The molecule has 0 atom stereocenters. The SMILES string of the molecule is [O]CCC/C=C/c1cccc(Cl)c1Cl. The zero-order chi connectivity index (χ0) is 10.4. The van der Waals surface area contributed by atoms with E-state index in [0.717, 1.165) is 12.0 Å². The molecule has 1 radical (unpaired) electrons. The Morgan fingerprint density at radius 2 is 2.07 bits per heavy atom. The molecule has 1 aromatic carbocycles. The number of unbranched alkanes of at least 4 members (excludes halogenated alkanes) is 1. The van der Waals surface area contributed by atoms with Crippen LogP contribution in [-0.4, -0.2) is 6.61 Å². The Bertz CT molecular complexity index is 321. The molecule has 1 nitrogen and oxygen atoms in total. The van der Waals surface area contributed by atoms with E-state index in [1.54, 1.807) is 6.07 Å². The summed E-state index contributed by atoms with van der Waals surface area (Å²) in [5.41, 5.74) is 0.894. The second-order valence-corrected chi connectivity index (χ2v) is 3.68. The first-order valence-corrected chi connectivity index (χ1v) is 5.20. The zero-order valence-corrected chi connectivity index (χ0v) is 9.18. The third-order valence-corrected chi connectivity index (χ3v) is 2.63. The van der Waals surface area contributed by atoms with Gasteiger partial charge in [-0.05, 0) is 24.5 Å².